The maximum Gasteiger partial charge on any atom is 0.306 e. The third-order valence-electron chi connectivity index (χ3n) is 2.98. The van der Waals surface area contributed by atoms with Gasteiger partial charge in [-0.2, -0.15) is 0 Å². The number of rotatable bonds is 9. The van der Waals surface area contributed by atoms with Crippen LogP contribution >= 0.6 is 0 Å². The van der Waals surface area contributed by atoms with E-state index in [2.05, 4.69) is 4.74 Å². The number of carbonyl (C=O) groups is 2. The van der Waals surface area contributed by atoms with Crippen LogP contribution in [-0.2, 0) is 23.8 Å². The van der Waals surface area contributed by atoms with Gasteiger partial charge in [0.2, 0.25) is 0 Å². The molecule has 1 atom stereocenters. The van der Waals surface area contributed by atoms with Gasteiger partial charge in [0.15, 0.2) is 0 Å². The molecule has 0 heterocycles. The predicted octanol–water partition coefficient (Wildman–Crippen LogP) is 2.32. The van der Waals surface area contributed by atoms with Gasteiger partial charge >= 0.3 is 11.9 Å². The van der Waals surface area contributed by atoms with E-state index in [1.54, 1.807) is 13.8 Å². The average Bonchev–Trinajstić information content (AvgIpc) is 2.33. The number of methoxy groups -OCH3 is 1. The number of hydrogen-bond donors (Lipinski definition) is 0. The summed E-state index contributed by atoms with van der Waals surface area (Å²) in [5, 5.41) is 0. The molecule has 0 aromatic heterocycles. The highest BCUT2D eigenvalue weighted by Gasteiger charge is 2.35. The van der Waals surface area contributed by atoms with Crippen molar-refractivity contribution in [1.29, 1.82) is 0 Å². The lowest BCUT2D eigenvalue weighted by atomic mass is 9.88. The molecule has 0 spiro atoms. The Kier molecular flexibility index (Phi) is 8.39. The molecule has 0 aromatic carbocycles. The minimum atomic E-state index is -0.754. The average molecular weight is 274 g/mol. The molecule has 0 aliphatic heterocycles. The topological polar surface area (TPSA) is 61.8 Å². The number of esters is 2. The van der Waals surface area contributed by atoms with Crippen LogP contribution in [0.4, 0.5) is 0 Å². The van der Waals surface area contributed by atoms with Crippen LogP contribution in [0.15, 0.2) is 0 Å². The molecular weight excluding hydrogens is 248 g/mol. The van der Waals surface area contributed by atoms with Gasteiger partial charge in [0.05, 0.1) is 20.1 Å². The SMILES string of the molecule is CCCC(=O)OC(C)(C)C(COCC)CC(=O)OC. The van der Waals surface area contributed by atoms with E-state index in [9.17, 15) is 9.59 Å². The van der Waals surface area contributed by atoms with E-state index < -0.39 is 5.60 Å². The molecule has 0 rings (SSSR count). The normalized spacial score (nSPS) is 12.9. The van der Waals surface area contributed by atoms with Gasteiger partial charge in [-0.1, -0.05) is 6.92 Å². The molecule has 0 radical (unpaired) electrons. The molecule has 0 amide bonds. The van der Waals surface area contributed by atoms with Crippen molar-refractivity contribution in [3.63, 3.8) is 0 Å². The van der Waals surface area contributed by atoms with Crippen molar-refractivity contribution in [2.45, 2.75) is 52.6 Å². The van der Waals surface area contributed by atoms with E-state index in [1.807, 2.05) is 13.8 Å². The molecular formula is C14H26O5. The van der Waals surface area contributed by atoms with Crippen LogP contribution < -0.4 is 0 Å². The zero-order valence-corrected chi connectivity index (χ0v) is 12.7. The Labute approximate surface area is 115 Å². The van der Waals surface area contributed by atoms with Crippen LogP contribution in [0.25, 0.3) is 0 Å². The van der Waals surface area contributed by atoms with Crippen molar-refractivity contribution < 1.29 is 23.8 Å². The Hall–Kier alpha value is -1.10. The highest BCUT2D eigenvalue weighted by Crippen LogP contribution is 2.26. The Morgan fingerprint density at radius 1 is 1.16 bits per heavy atom. The molecule has 5 heteroatoms. The standard InChI is InChI=1S/C14H26O5/c1-6-8-12(15)19-14(3,4)11(10-18-7-2)9-13(16)17-5/h11H,6-10H2,1-5H3. The molecule has 0 bridgehead atoms. The van der Waals surface area contributed by atoms with Gasteiger partial charge in [-0.15, -0.1) is 0 Å². The minimum absolute atomic E-state index is 0.170. The first-order chi connectivity index (χ1) is 8.87. The minimum Gasteiger partial charge on any atom is -0.469 e. The molecule has 0 fully saturated rings. The second kappa shape index (κ2) is 8.91. The molecule has 19 heavy (non-hydrogen) atoms. The Balaban J connectivity index is 4.68. The van der Waals surface area contributed by atoms with Crippen molar-refractivity contribution in [3.05, 3.63) is 0 Å². The molecule has 5 nitrogen and oxygen atoms in total. The first-order valence-corrected chi connectivity index (χ1v) is 6.73. The lowest BCUT2D eigenvalue weighted by Crippen LogP contribution is -2.40. The summed E-state index contributed by atoms with van der Waals surface area (Å²) >= 11 is 0. The maximum atomic E-state index is 11.6. The van der Waals surface area contributed by atoms with Crippen molar-refractivity contribution in [3.8, 4) is 0 Å². The fourth-order valence-electron chi connectivity index (χ4n) is 1.68. The van der Waals surface area contributed by atoms with Crippen LogP contribution in [0, 0.1) is 5.92 Å². The van der Waals surface area contributed by atoms with Gasteiger partial charge in [-0.25, -0.2) is 0 Å². The molecule has 1 unspecified atom stereocenters. The summed E-state index contributed by atoms with van der Waals surface area (Å²) in [7, 11) is 1.34. The summed E-state index contributed by atoms with van der Waals surface area (Å²) in [4.78, 5) is 23.0. The molecule has 0 saturated heterocycles. The number of ether oxygens (including phenoxy) is 3. The zero-order valence-electron chi connectivity index (χ0n) is 12.7. The van der Waals surface area contributed by atoms with E-state index in [4.69, 9.17) is 9.47 Å². The Morgan fingerprint density at radius 2 is 1.79 bits per heavy atom. The molecule has 0 aromatic rings. The van der Waals surface area contributed by atoms with Crippen LogP contribution in [0.2, 0.25) is 0 Å². The second-order valence-corrected chi connectivity index (χ2v) is 4.96. The van der Waals surface area contributed by atoms with Gasteiger partial charge in [-0.05, 0) is 27.2 Å². The maximum absolute atomic E-state index is 11.6. The molecule has 0 saturated carbocycles. The smallest absolute Gasteiger partial charge is 0.306 e. The summed E-state index contributed by atoms with van der Waals surface area (Å²) in [5.74, 6) is -0.802. The van der Waals surface area contributed by atoms with Crippen LogP contribution in [0.3, 0.4) is 0 Å². The highest BCUT2D eigenvalue weighted by atomic mass is 16.6. The van der Waals surface area contributed by atoms with E-state index in [-0.39, 0.29) is 24.3 Å². The van der Waals surface area contributed by atoms with Gasteiger partial charge in [0, 0.05) is 18.9 Å². The fraction of sp³-hybridized carbons (Fsp3) is 0.857. The third-order valence-corrected chi connectivity index (χ3v) is 2.98. The van der Waals surface area contributed by atoms with E-state index in [1.165, 1.54) is 7.11 Å². The van der Waals surface area contributed by atoms with E-state index in [0.717, 1.165) is 6.42 Å². The van der Waals surface area contributed by atoms with Crippen molar-refractivity contribution in [2.75, 3.05) is 20.3 Å². The fourth-order valence-corrected chi connectivity index (χ4v) is 1.68. The Morgan fingerprint density at radius 3 is 2.26 bits per heavy atom. The second-order valence-electron chi connectivity index (χ2n) is 4.96. The highest BCUT2D eigenvalue weighted by molar-refractivity contribution is 5.71. The molecule has 0 aliphatic rings. The zero-order chi connectivity index (χ0) is 14.9. The monoisotopic (exact) mass is 274 g/mol. The lowest BCUT2D eigenvalue weighted by Gasteiger charge is -2.33. The van der Waals surface area contributed by atoms with Gasteiger partial charge in [0.1, 0.15) is 5.60 Å². The number of carbonyl (C=O) groups excluding carboxylic acids is 2. The van der Waals surface area contributed by atoms with Crippen LogP contribution in [0.5, 0.6) is 0 Å². The summed E-state index contributed by atoms with van der Waals surface area (Å²) < 4.78 is 15.5. The largest absolute Gasteiger partial charge is 0.469 e. The predicted molar refractivity (Wildman–Crippen MR) is 71.7 cm³/mol. The molecule has 0 aliphatic carbocycles. The van der Waals surface area contributed by atoms with Crippen LogP contribution in [0.1, 0.15) is 47.0 Å². The third kappa shape index (κ3) is 7.15. The molecule has 112 valence electrons. The summed E-state index contributed by atoms with van der Waals surface area (Å²) in [6.07, 6.45) is 1.29. The van der Waals surface area contributed by atoms with E-state index >= 15 is 0 Å². The Bertz CT molecular complexity index is 286. The summed E-state index contributed by atoms with van der Waals surface area (Å²) in [6, 6.07) is 0. The first-order valence-electron chi connectivity index (χ1n) is 6.73. The van der Waals surface area contributed by atoms with Crippen LogP contribution in [-0.4, -0.2) is 37.9 Å². The quantitative estimate of drug-likeness (QED) is 0.604. The van der Waals surface area contributed by atoms with Crippen molar-refractivity contribution >= 4 is 11.9 Å². The summed E-state index contributed by atoms with van der Waals surface area (Å²) in [6.45, 7) is 8.31. The lowest BCUT2D eigenvalue weighted by molar-refractivity contribution is -0.168. The number of hydrogen-bond acceptors (Lipinski definition) is 5. The van der Waals surface area contributed by atoms with Gasteiger partial charge < -0.3 is 14.2 Å². The first kappa shape index (κ1) is 17.9. The van der Waals surface area contributed by atoms with E-state index in [0.29, 0.717) is 19.6 Å². The summed E-state index contributed by atoms with van der Waals surface area (Å²) in [5.41, 5.74) is -0.754. The van der Waals surface area contributed by atoms with Gasteiger partial charge in [0.25, 0.3) is 0 Å². The van der Waals surface area contributed by atoms with Gasteiger partial charge in [-0.3, -0.25) is 9.59 Å². The van der Waals surface area contributed by atoms with Crippen molar-refractivity contribution in [2.24, 2.45) is 5.92 Å². The van der Waals surface area contributed by atoms with Crippen molar-refractivity contribution in [1.82, 2.24) is 0 Å². The molecule has 0 N–H and O–H groups in total.